The van der Waals surface area contributed by atoms with Crippen LogP contribution >= 0.6 is 0 Å². The summed E-state index contributed by atoms with van der Waals surface area (Å²) in [5.41, 5.74) is 4.09. The number of H-pyrrole nitrogens is 1. The minimum atomic E-state index is 0. The van der Waals surface area contributed by atoms with Crippen LogP contribution in [0.4, 0.5) is 0 Å². The third kappa shape index (κ3) is 8.42. The molecule has 2 rings (SSSR count). The van der Waals surface area contributed by atoms with Gasteiger partial charge in [0, 0.05) is 164 Å². The number of nitrogens with one attached hydrogen (secondary N) is 1. The molecule has 0 saturated heterocycles. The summed E-state index contributed by atoms with van der Waals surface area (Å²) in [6.07, 6.45) is 0. The van der Waals surface area contributed by atoms with Crippen LogP contribution in [0.2, 0.25) is 0 Å². The first kappa shape index (κ1) is 29.2. The van der Waals surface area contributed by atoms with E-state index in [9.17, 15) is 0 Å². The molecule has 0 fully saturated rings. The number of aromatic amines is 1. The molecule has 1 aromatic heterocycles. The Morgan fingerprint density at radius 1 is 0.824 bits per heavy atom. The van der Waals surface area contributed by atoms with Gasteiger partial charge in [-0.15, -0.1) is 19.4 Å². The molecule has 0 aliphatic carbocycles. The molecule has 0 spiro atoms. The van der Waals surface area contributed by atoms with Crippen molar-refractivity contribution in [1.82, 2.24) is 9.97 Å². The second-order valence-electron chi connectivity index (χ2n) is 3.05. The fourth-order valence-electron chi connectivity index (χ4n) is 1.23. The Balaban J connectivity index is -0.000000169. The second kappa shape index (κ2) is 13.8. The van der Waals surface area contributed by atoms with E-state index < -0.39 is 0 Å². The van der Waals surface area contributed by atoms with Crippen LogP contribution in [0.25, 0.3) is 11.0 Å². The number of imidazole rings is 1. The van der Waals surface area contributed by atoms with Crippen LogP contribution in [0.3, 0.4) is 0 Å². The predicted octanol–water partition coefficient (Wildman–Crippen LogP) is 2.08. The average molecular weight is 603 g/mol. The van der Waals surface area contributed by atoms with E-state index in [1.165, 1.54) is 0 Å². The Morgan fingerprint density at radius 2 is 1.29 bits per heavy atom. The van der Waals surface area contributed by atoms with Crippen LogP contribution in [0.5, 0.6) is 0 Å². The second-order valence-corrected chi connectivity index (χ2v) is 3.05. The Bertz CT molecular complexity index is 402. The molecule has 0 aliphatic heterocycles. The molecule has 1 heterocycles. The number of fused-ring (bicyclic) bond motifs is 1. The first-order valence-electron chi connectivity index (χ1n) is 3.95. The molecule has 77 valence electrons. The molecule has 1 aromatic carbocycles. The summed E-state index contributed by atoms with van der Waals surface area (Å²) in [5.74, 6) is 0.919. The molecule has 0 atom stereocenters. The molecule has 17 heavy (non-hydrogen) atoms. The van der Waals surface area contributed by atoms with Crippen LogP contribution in [-0.4, -0.2) is 9.97 Å². The zero-order chi connectivity index (χ0) is 8.72. The number of nitrogens with zero attached hydrogens (tertiary/aromatic N) is 1. The molecule has 0 aliphatic rings. The van der Waals surface area contributed by atoms with Crippen molar-refractivity contribution in [3.05, 3.63) is 29.1 Å². The standard InChI is InChI=1S/C10H10N2.5Y/c1-6-4-9-10(5-7(6)2)12-8(3)11-9;;;;;/h1-3H3,(H,11,12);;;;;/q-2;;;;;. The third-order valence-corrected chi connectivity index (χ3v) is 2.00. The molecule has 0 unspecified atom stereocenters. The van der Waals surface area contributed by atoms with Gasteiger partial charge in [-0.05, 0) is 6.92 Å². The summed E-state index contributed by atoms with van der Waals surface area (Å²) < 4.78 is 0. The van der Waals surface area contributed by atoms with Crippen molar-refractivity contribution in [2.45, 2.75) is 20.8 Å². The predicted molar refractivity (Wildman–Crippen MR) is 48.0 cm³/mol. The molecular formula is C10H10N2Y5-2. The summed E-state index contributed by atoms with van der Waals surface area (Å²) >= 11 is 0. The van der Waals surface area contributed by atoms with Crippen molar-refractivity contribution in [2.24, 2.45) is 0 Å². The summed E-state index contributed by atoms with van der Waals surface area (Å²) in [5, 5.41) is 0. The van der Waals surface area contributed by atoms with Gasteiger partial charge < -0.3 is 9.97 Å². The summed E-state index contributed by atoms with van der Waals surface area (Å²) in [4.78, 5) is 7.40. The normalized spacial score (nSPS) is 7.71. The van der Waals surface area contributed by atoms with E-state index in [0.717, 1.165) is 28.0 Å². The van der Waals surface area contributed by atoms with Gasteiger partial charge in [0.15, 0.2) is 0 Å². The van der Waals surface area contributed by atoms with Crippen molar-refractivity contribution in [3.63, 3.8) is 0 Å². The number of benzene rings is 1. The smallest absolute Gasteiger partial charge is 0.0751 e. The summed E-state index contributed by atoms with van der Waals surface area (Å²) in [6.45, 7) is 5.99. The fourth-order valence-corrected chi connectivity index (χ4v) is 1.23. The first-order valence-corrected chi connectivity index (χ1v) is 3.95. The largest absolute Gasteiger partial charge is 0.419 e. The van der Waals surface area contributed by atoms with E-state index in [2.05, 4.69) is 22.1 Å². The maximum atomic E-state index is 4.27. The van der Waals surface area contributed by atoms with Gasteiger partial charge in [-0.25, -0.2) is 0 Å². The van der Waals surface area contributed by atoms with Gasteiger partial charge in [-0.1, -0.05) is 0 Å². The van der Waals surface area contributed by atoms with Crippen molar-refractivity contribution in [2.75, 3.05) is 0 Å². The number of aryl methyl sites for hydroxylation is 3. The van der Waals surface area contributed by atoms with E-state index in [1.54, 1.807) is 0 Å². The Kier molecular flexibility index (Phi) is 23.8. The van der Waals surface area contributed by atoms with Crippen LogP contribution in [0.15, 0.2) is 0 Å². The Labute approximate surface area is 229 Å². The van der Waals surface area contributed by atoms with Crippen LogP contribution in [0, 0.1) is 32.9 Å². The quantitative estimate of drug-likeness (QED) is 0.460. The van der Waals surface area contributed by atoms with Gasteiger partial charge in [-0.3, -0.25) is 23.3 Å². The van der Waals surface area contributed by atoms with Crippen LogP contribution < -0.4 is 0 Å². The van der Waals surface area contributed by atoms with Gasteiger partial charge in [-0.2, -0.15) is 5.52 Å². The Hall–Kier alpha value is 4.21. The van der Waals surface area contributed by atoms with E-state index in [0.29, 0.717) is 0 Å². The van der Waals surface area contributed by atoms with Gasteiger partial charge in [0.05, 0.1) is 5.82 Å². The summed E-state index contributed by atoms with van der Waals surface area (Å²) in [6, 6.07) is 6.43. The van der Waals surface area contributed by atoms with E-state index in [4.69, 9.17) is 0 Å². The maximum absolute atomic E-state index is 4.27. The van der Waals surface area contributed by atoms with Gasteiger partial charge >= 0.3 is 0 Å². The monoisotopic (exact) mass is 603 g/mol. The minimum absolute atomic E-state index is 0. The van der Waals surface area contributed by atoms with Gasteiger partial charge in [0.25, 0.3) is 0 Å². The Morgan fingerprint density at radius 3 is 1.82 bits per heavy atom. The van der Waals surface area contributed by atoms with E-state index in [1.807, 2.05) is 20.8 Å². The van der Waals surface area contributed by atoms with Gasteiger partial charge in [0.2, 0.25) is 0 Å². The number of rotatable bonds is 0. The van der Waals surface area contributed by atoms with Crippen molar-refractivity contribution in [1.29, 1.82) is 0 Å². The molecule has 1 N–H and O–H groups in total. The number of hydrogen-bond donors (Lipinski definition) is 1. The average Bonchev–Trinajstić information content (AvgIpc) is 2.30. The molecule has 7 heteroatoms. The van der Waals surface area contributed by atoms with Crippen molar-refractivity contribution < 1.29 is 164 Å². The number of aromatic nitrogens is 2. The van der Waals surface area contributed by atoms with Crippen LogP contribution in [-0.2, 0) is 164 Å². The number of hydrogen-bond acceptors (Lipinski definition) is 1. The molecule has 2 aromatic rings. The van der Waals surface area contributed by atoms with Crippen LogP contribution in [0.1, 0.15) is 17.0 Å². The molecular weight excluding hydrogens is 593 g/mol. The van der Waals surface area contributed by atoms with Crippen molar-refractivity contribution >= 4 is 11.0 Å². The SMILES string of the molecule is Cc1nc2[c-]c(C)c(C)[c-]c2[nH]1.[Y].[Y].[Y].[Y].[Y]. The molecule has 0 bridgehead atoms. The first-order chi connectivity index (χ1) is 5.66. The molecule has 5 radical (unpaired) electrons. The molecule has 2 nitrogen and oxygen atoms in total. The fraction of sp³-hybridized carbons (Fsp3) is 0.300. The summed E-state index contributed by atoms with van der Waals surface area (Å²) in [7, 11) is 0. The topological polar surface area (TPSA) is 28.7 Å². The maximum Gasteiger partial charge on any atom is 0.0751 e. The zero-order valence-corrected chi connectivity index (χ0v) is 24.5. The third-order valence-electron chi connectivity index (χ3n) is 2.00. The van der Waals surface area contributed by atoms with E-state index in [-0.39, 0.29) is 164 Å². The molecule has 0 amide bonds. The van der Waals surface area contributed by atoms with Gasteiger partial charge in [0.1, 0.15) is 0 Å². The minimum Gasteiger partial charge on any atom is -0.419 e. The molecule has 0 saturated carbocycles. The van der Waals surface area contributed by atoms with Crippen molar-refractivity contribution in [3.8, 4) is 0 Å². The zero-order valence-electron chi connectivity index (χ0n) is 10.3. The van der Waals surface area contributed by atoms with E-state index >= 15 is 0 Å².